The maximum absolute atomic E-state index is 14.1. The Hall–Kier alpha value is -5.32. The number of aromatic nitrogens is 2. The number of carboxylic acid groups (broad SMARTS) is 1. The monoisotopic (exact) mass is 695 g/mol. The van der Waals surface area contributed by atoms with Gasteiger partial charge in [-0.25, -0.2) is 0 Å². The first-order valence-electron chi connectivity index (χ1n) is 17.9. The molecule has 3 aromatic carbocycles. The second-order valence-electron chi connectivity index (χ2n) is 13.0. The molecule has 1 unspecified atom stereocenters. The first kappa shape index (κ1) is 36.9. The lowest BCUT2D eigenvalue weighted by atomic mass is 10.1. The van der Waals surface area contributed by atoms with E-state index in [2.05, 4.69) is 22.7 Å². The Kier molecular flexibility index (Phi) is 13.1. The number of ether oxygens (including phenoxy) is 2. The van der Waals surface area contributed by atoms with Crippen molar-refractivity contribution in [3.05, 3.63) is 95.3 Å². The van der Waals surface area contributed by atoms with Crippen molar-refractivity contribution in [3.63, 3.8) is 0 Å². The summed E-state index contributed by atoms with van der Waals surface area (Å²) in [5.74, 6) is -0.555. The van der Waals surface area contributed by atoms with Gasteiger partial charge in [0.2, 0.25) is 6.04 Å². The molecule has 1 aromatic heterocycles. The molecule has 2 amide bonds. The second kappa shape index (κ2) is 18.1. The van der Waals surface area contributed by atoms with Gasteiger partial charge < -0.3 is 30.1 Å². The van der Waals surface area contributed by atoms with E-state index in [-0.39, 0.29) is 19.6 Å². The van der Waals surface area contributed by atoms with Crippen LogP contribution in [0.3, 0.4) is 0 Å². The Morgan fingerprint density at radius 1 is 0.941 bits per heavy atom. The van der Waals surface area contributed by atoms with Crippen LogP contribution in [0, 0.1) is 13.8 Å². The largest absolute Gasteiger partial charge is 0.490 e. The summed E-state index contributed by atoms with van der Waals surface area (Å²) in [5, 5.41) is 19.7. The van der Waals surface area contributed by atoms with E-state index in [0.717, 1.165) is 35.2 Å². The van der Waals surface area contributed by atoms with E-state index >= 15 is 0 Å². The van der Waals surface area contributed by atoms with Crippen molar-refractivity contribution in [2.24, 2.45) is 0 Å². The SMILES string of the molecule is CCCCCCCCOc1ccc(C)cc1OCNc1ccc(C)c(NC(=O)C(C(=O)N2CCc3ccccc32)n2cc(CCC(=O)O)cn2)c1. The molecule has 1 atom stereocenters. The average molecular weight is 696 g/mol. The number of rotatable bonds is 19. The zero-order valence-corrected chi connectivity index (χ0v) is 29.8. The minimum atomic E-state index is -1.31. The van der Waals surface area contributed by atoms with Crippen LogP contribution in [-0.2, 0) is 27.2 Å². The zero-order chi connectivity index (χ0) is 36.2. The molecule has 0 bridgehead atoms. The normalized spacial score (nSPS) is 12.6. The molecule has 0 radical (unpaired) electrons. The third-order valence-electron chi connectivity index (χ3n) is 9.04. The number of benzene rings is 3. The Labute approximate surface area is 300 Å². The van der Waals surface area contributed by atoms with Gasteiger partial charge in [0.15, 0.2) is 18.2 Å². The molecule has 0 aliphatic carbocycles. The number of carbonyl (C=O) groups excluding carboxylic acids is 2. The Bertz CT molecular complexity index is 1800. The van der Waals surface area contributed by atoms with Crippen molar-refractivity contribution in [2.45, 2.75) is 84.6 Å². The summed E-state index contributed by atoms with van der Waals surface area (Å²) in [4.78, 5) is 40.9. The van der Waals surface area contributed by atoms with Crippen LogP contribution in [0.5, 0.6) is 11.5 Å². The van der Waals surface area contributed by atoms with E-state index in [0.29, 0.717) is 48.0 Å². The van der Waals surface area contributed by atoms with Crippen LogP contribution in [0.1, 0.15) is 80.2 Å². The van der Waals surface area contributed by atoms with Gasteiger partial charge in [0, 0.05) is 36.2 Å². The molecule has 0 saturated heterocycles. The summed E-state index contributed by atoms with van der Waals surface area (Å²) in [7, 11) is 0. The summed E-state index contributed by atoms with van der Waals surface area (Å²) in [6.07, 6.45) is 11.0. The Balaban J connectivity index is 1.26. The topological polar surface area (TPSA) is 135 Å². The van der Waals surface area contributed by atoms with Gasteiger partial charge in [0.25, 0.3) is 11.8 Å². The fourth-order valence-corrected chi connectivity index (χ4v) is 6.14. The first-order chi connectivity index (χ1) is 24.7. The minimum absolute atomic E-state index is 0.0872. The molecule has 51 heavy (non-hydrogen) atoms. The number of carboxylic acids is 1. The van der Waals surface area contributed by atoms with Gasteiger partial charge in [0.05, 0.1) is 12.8 Å². The maximum atomic E-state index is 14.1. The van der Waals surface area contributed by atoms with Crippen molar-refractivity contribution in [3.8, 4) is 11.5 Å². The number of aliphatic carboxylic acids is 1. The van der Waals surface area contributed by atoms with Crippen molar-refractivity contribution < 1.29 is 29.0 Å². The predicted molar refractivity (Wildman–Crippen MR) is 199 cm³/mol. The van der Waals surface area contributed by atoms with E-state index in [1.54, 1.807) is 17.2 Å². The highest BCUT2D eigenvalue weighted by Crippen LogP contribution is 2.31. The fraction of sp³-hybridized carbons (Fsp3) is 0.400. The lowest BCUT2D eigenvalue weighted by Gasteiger charge is -2.24. The number of anilines is 3. The van der Waals surface area contributed by atoms with Gasteiger partial charge in [-0.1, -0.05) is 69.4 Å². The average Bonchev–Trinajstić information content (AvgIpc) is 3.77. The smallest absolute Gasteiger partial charge is 0.303 e. The molecular weight excluding hydrogens is 646 g/mol. The van der Waals surface area contributed by atoms with Gasteiger partial charge in [0.1, 0.15) is 0 Å². The molecule has 3 N–H and O–H groups in total. The molecule has 0 spiro atoms. The molecule has 5 rings (SSSR count). The molecule has 1 aliphatic heterocycles. The summed E-state index contributed by atoms with van der Waals surface area (Å²) >= 11 is 0. The molecule has 2 heterocycles. The molecule has 4 aromatic rings. The molecule has 1 aliphatic rings. The maximum Gasteiger partial charge on any atom is 0.303 e. The summed E-state index contributed by atoms with van der Waals surface area (Å²) in [5.41, 5.74) is 5.53. The Morgan fingerprint density at radius 2 is 1.75 bits per heavy atom. The number of fused-ring (bicyclic) bond motifs is 1. The highest BCUT2D eigenvalue weighted by atomic mass is 16.5. The lowest BCUT2D eigenvalue weighted by molar-refractivity contribution is -0.137. The van der Waals surface area contributed by atoms with E-state index in [1.165, 1.54) is 36.6 Å². The summed E-state index contributed by atoms with van der Waals surface area (Å²) in [6.45, 7) is 7.34. The first-order valence-corrected chi connectivity index (χ1v) is 17.9. The number of hydrogen-bond acceptors (Lipinski definition) is 7. The van der Waals surface area contributed by atoms with Crippen LogP contribution < -0.4 is 25.0 Å². The van der Waals surface area contributed by atoms with Crippen molar-refractivity contribution in [2.75, 3.05) is 35.4 Å². The number of hydrogen-bond donors (Lipinski definition) is 3. The molecule has 11 nitrogen and oxygen atoms in total. The fourth-order valence-electron chi connectivity index (χ4n) is 6.14. The van der Waals surface area contributed by atoms with Crippen LogP contribution in [-0.4, -0.2) is 52.6 Å². The number of aryl methyl sites for hydroxylation is 3. The zero-order valence-electron chi connectivity index (χ0n) is 29.8. The lowest BCUT2D eigenvalue weighted by Crippen LogP contribution is -2.42. The Morgan fingerprint density at radius 3 is 2.57 bits per heavy atom. The van der Waals surface area contributed by atoms with E-state index in [4.69, 9.17) is 14.6 Å². The third-order valence-corrected chi connectivity index (χ3v) is 9.04. The van der Waals surface area contributed by atoms with E-state index in [1.807, 2.05) is 68.4 Å². The van der Waals surface area contributed by atoms with Crippen LogP contribution in [0.4, 0.5) is 17.1 Å². The second-order valence-corrected chi connectivity index (χ2v) is 13.0. The van der Waals surface area contributed by atoms with Gasteiger partial charge in [-0.15, -0.1) is 0 Å². The highest BCUT2D eigenvalue weighted by Gasteiger charge is 2.36. The molecule has 11 heteroatoms. The van der Waals surface area contributed by atoms with E-state index in [9.17, 15) is 14.4 Å². The molecule has 0 saturated carbocycles. The molecule has 0 fully saturated rings. The third kappa shape index (κ3) is 10.1. The number of carbonyl (C=O) groups is 3. The van der Waals surface area contributed by atoms with Gasteiger partial charge in [-0.2, -0.15) is 5.10 Å². The molecular formula is C40H49N5O6. The molecule has 270 valence electrons. The predicted octanol–water partition coefficient (Wildman–Crippen LogP) is 7.47. The van der Waals surface area contributed by atoms with Crippen molar-refractivity contribution in [1.82, 2.24) is 9.78 Å². The number of nitrogens with zero attached hydrogens (tertiary/aromatic N) is 3. The summed E-state index contributed by atoms with van der Waals surface area (Å²) in [6, 6.07) is 17.8. The van der Waals surface area contributed by atoms with Crippen molar-refractivity contribution in [1.29, 1.82) is 0 Å². The summed E-state index contributed by atoms with van der Waals surface area (Å²) < 4.78 is 13.5. The van der Waals surface area contributed by atoms with Crippen LogP contribution >= 0.6 is 0 Å². The quantitative estimate of drug-likeness (QED) is 0.0523. The van der Waals surface area contributed by atoms with E-state index < -0.39 is 23.8 Å². The number of nitrogens with one attached hydrogen (secondary N) is 2. The van der Waals surface area contributed by atoms with Crippen molar-refractivity contribution >= 4 is 34.8 Å². The minimum Gasteiger partial charge on any atom is -0.490 e. The van der Waals surface area contributed by atoms with Gasteiger partial charge >= 0.3 is 5.97 Å². The van der Waals surface area contributed by atoms with Crippen LogP contribution in [0.15, 0.2) is 73.1 Å². The number of unbranched alkanes of at least 4 members (excludes halogenated alkanes) is 5. The van der Waals surface area contributed by atoms with Crippen LogP contribution in [0.25, 0.3) is 0 Å². The van der Waals surface area contributed by atoms with Crippen LogP contribution in [0.2, 0.25) is 0 Å². The number of amides is 2. The highest BCUT2D eigenvalue weighted by molar-refractivity contribution is 6.14. The standard InChI is InChI=1S/C40H49N5O6/c1-4-5-6-7-8-11-22-50-35-18-14-28(2)23-36(35)51-27-41-32-17-15-29(3)33(24-32)43-39(48)38(45-26-30(25-42-45)16-19-37(46)47)40(49)44-21-20-31-12-9-10-13-34(31)44/h9-10,12-15,17-18,23-26,38,41H,4-8,11,16,19-22,27H2,1-3H3,(H,43,48)(H,46,47). The van der Waals surface area contributed by atoms with Gasteiger partial charge in [-0.3, -0.25) is 19.1 Å². The van der Waals surface area contributed by atoms with Gasteiger partial charge in [-0.05, 0) is 85.7 Å². The number of para-hydroxylation sites is 1.